The van der Waals surface area contributed by atoms with Crippen LogP contribution in [0.25, 0.3) is 10.1 Å². The molecule has 4 nitrogen and oxygen atoms in total. The van der Waals surface area contributed by atoms with E-state index in [-0.39, 0.29) is 0 Å². The second kappa shape index (κ2) is 4.21. The van der Waals surface area contributed by atoms with Crippen LogP contribution in [0.5, 0.6) is 0 Å². The molecule has 0 aliphatic carbocycles. The number of carboxylic acid groups (broad SMARTS) is 1. The van der Waals surface area contributed by atoms with Crippen molar-refractivity contribution >= 4 is 27.4 Å². The molecule has 0 spiro atoms. The largest absolute Gasteiger partial charge is 0.480 e. The topological polar surface area (TPSA) is 83.6 Å². The first-order chi connectivity index (χ1) is 7.59. The first-order valence-corrected chi connectivity index (χ1v) is 5.56. The average Bonchev–Trinajstić information content (AvgIpc) is 2.70. The quantitative estimate of drug-likeness (QED) is 0.752. The summed E-state index contributed by atoms with van der Waals surface area (Å²) in [5.74, 6) is -1.20. The van der Waals surface area contributed by atoms with Crippen molar-refractivity contribution in [2.75, 3.05) is 0 Å². The van der Waals surface area contributed by atoms with E-state index < -0.39 is 18.1 Å². The number of rotatable bonds is 3. The van der Waals surface area contributed by atoms with Crippen LogP contribution >= 0.6 is 11.3 Å². The second-order valence-electron chi connectivity index (χ2n) is 3.50. The Hall–Kier alpha value is -1.43. The molecule has 0 bridgehead atoms. The Bertz CT molecular complexity index is 490. The normalized spacial score (nSPS) is 14.9. The molecule has 0 fully saturated rings. The molecular weight excluding hydrogens is 226 g/mol. The Labute approximate surface area is 95.9 Å². The summed E-state index contributed by atoms with van der Waals surface area (Å²) >= 11 is 1.36. The van der Waals surface area contributed by atoms with Crippen LogP contribution in [0.2, 0.25) is 0 Å². The number of aliphatic hydroxyl groups is 1. The zero-order chi connectivity index (χ0) is 11.7. The number of aliphatic carboxylic acids is 1. The van der Waals surface area contributed by atoms with Crippen molar-refractivity contribution < 1.29 is 15.0 Å². The van der Waals surface area contributed by atoms with Crippen molar-refractivity contribution in [1.29, 1.82) is 0 Å². The summed E-state index contributed by atoms with van der Waals surface area (Å²) in [6, 6.07) is 8.10. The summed E-state index contributed by atoms with van der Waals surface area (Å²) in [5.41, 5.74) is 5.37. The number of carbonyl (C=O) groups is 1. The number of fused-ring (bicyclic) bond motifs is 1. The van der Waals surface area contributed by atoms with Gasteiger partial charge < -0.3 is 15.9 Å². The minimum Gasteiger partial charge on any atom is -0.480 e. The molecule has 0 radical (unpaired) electrons. The summed E-state index contributed by atoms with van der Waals surface area (Å²) in [5, 5.41) is 19.5. The molecule has 2 aromatic rings. The molecule has 0 saturated carbocycles. The highest BCUT2D eigenvalue weighted by Gasteiger charge is 2.24. The minimum atomic E-state index is -1.28. The number of carboxylic acids is 1. The highest BCUT2D eigenvalue weighted by Crippen LogP contribution is 2.30. The minimum absolute atomic E-state index is 0.580. The molecule has 4 N–H and O–H groups in total. The van der Waals surface area contributed by atoms with Crippen LogP contribution in [0.1, 0.15) is 11.0 Å². The standard InChI is InChI=1S/C11H11NO3S/c12-9(11(14)15)10(13)8-5-6-3-1-2-4-7(6)16-8/h1-5,9-10,13H,12H2,(H,14,15). The molecule has 2 rings (SSSR count). The third kappa shape index (κ3) is 1.92. The van der Waals surface area contributed by atoms with Gasteiger partial charge in [-0.15, -0.1) is 11.3 Å². The summed E-state index contributed by atoms with van der Waals surface area (Å²) in [6.07, 6.45) is -1.16. The number of hydrogen-bond donors (Lipinski definition) is 3. The van der Waals surface area contributed by atoms with E-state index in [1.807, 2.05) is 24.3 Å². The van der Waals surface area contributed by atoms with Gasteiger partial charge in [0.25, 0.3) is 0 Å². The molecule has 1 aromatic heterocycles. The van der Waals surface area contributed by atoms with Crippen LogP contribution < -0.4 is 5.73 Å². The summed E-state index contributed by atoms with van der Waals surface area (Å²) in [4.78, 5) is 11.2. The summed E-state index contributed by atoms with van der Waals surface area (Å²) < 4.78 is 1.01. The predicted molar refractivity (Wildman–Crippen MR) is 62.4 cm³/mol. The fraction of sp³-hybridized carbons (Fsp3) is 0.182. The lowest BCUT2D eigenvalue weighted by atomic mass is 10.1. The predicted octanol–water partition coefficient (Wildman–Crippen LogP) is 1.35. The molecule has 0 amide bonds. The zero-order valence-electron chi connectivity index (χ0n) is 8.33. The second-order valence-corrected chi connectivity index (χ2v) is 4.61. The van der Waals surface area contributed by atoms with Crippen LogP contribution in [-0.4, -0.2) is 22.2 Å². The van der Waals surface area contributed by atoms with Crippen molar-refractivity contribution in [2.45, 2.75) is 12.1 Å². The van der Waals surface area contributed by atoms with Gasteiger partial charge in [-0.05, 0) is 17.5 Å². The lowest BCUT2D eigenvalue weighted by molar-refractivity contribution is -0.141. The third-order valence-corrected chi connectivity index (χ3v) is 3.55. The van der Waals surface area contributed by atoms with Crippen LogP contribution in [0.4, 0.5) is 0 Å². The molecule has 0 aliphatic rings. The lowest BCUT2D eigenvalue weighted by Crippen LogP contribution is -2.36. The van der Waals surface area contributed by atoms with Gasteiger partial charge in [0.2, 0.25) is 0 Å². The van der Waals surface area contributed by atoms with Gasteiger partial charge in [-0.2, -0.15) is 0 Å². The molecule has 2 unspecified atom stereocenters. The monoisotopic (exact) mass is 237 g/mol. The van der Waals surface area contributed by atoms with Gasteiger partial charge >= 0.3 is 5.97 Å². The fourth-order valence-corrected chi connectivity index (χ4v) is 2.56. The van der Waals surface area contributed by atoms with Crippen LogP contribution in [0.15, 0.2) is 30.3 Å². The Morgan fingerprint density at radius 2 is 2.06 bits per heavy atom. The van der Waals surface area contributed by atoms with E-state index >= 15 is 0 Å². The highest BCUT2D eigenvalue weighted by molar-refractivity contribution is 7.19. The van der Waals surface area contributed by atoms with Crippen molar-refractivity contribution in [1.82, 2.24) is 0 Å². The zero-order valence-corrected chi connectivity index (χ0v) is 9.15. The molecule has 1 aromatic carbocycles. The molecule has 0 saturated heterocycles. The summed E-state index contributed by atoms with van der Waals surface area (Å²) in [7, 11) is 0. The summed E-state index contributed by atoms with van der Waals surface area (Å²) in [6.45, 7) is 0. The van der Waals surface area contributed by atoms with E-state index in [9.17, 15) is 9.90 Å². The third-order valence-electron chi connectivity index (χ3n) is 2.36. The van der Waals surface area contributed by atoms with E-state index in [1.54, 1.807) is 6.07 Å². The van der Waals surface area contributed by atoms with Crippen LogP contribution in [0.3, 0.4) is 0 Å². The van der Waals surface area contributed by atoms with Crippen molar-refractivity contribution in [3.8, 4) is 0 Å². The maximum Gasteiger partial charge on any atom is 0.323 e. The number of aliphatic hydroxyl groups excluding tert-OH is 1. The SMILES string of the molecule is NC(C(=O)O)C(O)c1cc2ccccc2s1. The van der Waals surface area contributed by atoms with Crippen LogP contribution in [-0.2, 0) is 4.79 Å². The van der Waals surface area contributed by atoms with Crippen molar-refractivity contribution in [2.24, 2.45) is 5.73 Å². The molecule has 84 valence electrons. The molecule has 0 aliphatic heterocycles. The molecular formula is C11H11NO3S. The van der Waals surface area contributed by atoms with Gasteiger partial charge in [-0.25, -0.2) is 0 Å². The van der Waals surface area contributed by atoms with Crippen molar-refractivity contribution in [3.05, 3.63) is 35.2 Å². The number of hydrogen-bond acceptors (Lipinski definition) is 4. The van der Waals surface area contributed by atoms with Crippen LogP contribution in [0, 0.1) is 0 Å². The van der Waals surface area contributed by atoms with Gasteiger partial charge in [0, 0.05) is 9.58 Å². The van der Waals surface area contributed by atoms with E-state index in [0.717, 1.165) is 10.1 Å². The Morgan fingerprint density at radius 1 is 1.38 bits per heavy atom. The van der Waals surface area contributed by atoms with E-state index in [4.69, 9.17) is 10.8 Å². The van der Waals surface area contributed by atoms with E-state index in [1.165, 1.54) is 11.3 Å². The molecule has 16 heavy (non-hydrogen) atoms. The maximum absolute atomic E-state index is 10.6. The van der Waals surface area contributed by atoms with Gasteiger partial charge in [0.1, 0.15) is 12.1 Å². The number of thiophene rings is 1. The number of nitrogens with two attached hydrogens (primary N) is 1. The Morgan fingerprint density at radius 3 is 2.69 bits per heavy atom. The molecule has 2 atom stereocenters. The average molecular weight is 237 g/mol. The van der Waals surface area contributed by atoms with E-state index in [0.29, 0.717) is 4.88 Å². The lowest BCUT2D eigenvalue weighted by Gasteiger charge is -2.12. The maximum atomic E-state index is 10.6. The molecule has 5 heteroatoms. The fourth-order valence-electron chi connectivity index (χ4n) is 1.46. The van der Waals surface area contributed by atoms with Gasteiger partial charge in [0.05, 0.1) is 0 Å². The van der Waals surface area contributed by atoms with Gasteiger partial charge in [0.15, 0.2) is 0 Å². The van der Waals surface area contributed by atoms with Gasteiger partial charge in [-0.3, -0.25) is 4.79 Å². The smallest absolute Gasteiger partial charge is 0.323 e. The first-order valence-electron chi connectivity index (χ1n) is 4.74. The first kappa shape index (κ1) is 11.1. The number of benzene rings is 1. The Balaban J connectivity index is 2.36. The van der Waals surface area contributed by atoms with Gasteiger partial charge in [-0.1, -0.05) is 18.2 Å². The van der Waals surface area contributed by atoms with E-state index in [2.05, 4.69) is 0 Å². The van der Waals surface area contributed by atoms with Crippen molar-refractivity contribution in [3.63, 3.8) is 0 Å². The Kier molecular flexibility index (Phi) is 2.91. The highest BCUT2D eigenvalue weighted by atomic mass is 32.1. The molecule has 1 heterocycles.